The maximum atomic E-state index is 10.7. The first-order valence-electron chi connectivity index (χ1n) is 9.96. The highest BCUT2D eigenvalue weighted by Crippen LogP contribution is 2.51. The van der Waals surface area contributed by atoms with Gasteiger partial charge in [0.25, 0.3) is 0 Å². The number of morpholine rings is 1. The van der Waals surface area contributed by atoms with Gasteiger partial charge in [-0.25, -0.2) is 0 Å². The lowest BCUT2D eigenvalue weighted by Gasteiger charge is -2.45. The van der Waals surface area contributed by atoms with E-state index in [2.05, 4.69) is 11.8 Å². The van der Waals surface area contributed by atoms with Gasteiger partial charge in [0.2, 0.25) is 6.79 Å². The van der Waals surface area contributed by atoms with Gasteiger partial charge in [0, 0.05) is 42.1 Å². The number of aromatic hydroxyl groups is 1. The Kier molecular flexibility index (Phi) is 4.53. The number of benzene rings is 2. The van der Waals surface area contributed by atoms with Crippen molar-refractivity contribution < 1.29 is 24.1 Å². The molecule has 3 atom stereocenters. The monoisotopic (exact) mass is 383 g/mol. The highest BCUT2D eigenvalue weighted by Gasteiger charge is 2.43. The maximum Gasteiger partial charge on any atom is 0.231 e. The molecule has 0 unspecified atom stereocenters. The summed E-state index contributed by atoms with van der Waals surface area (Å²) in [7, 11) is 0. The molecule has 0 aliphatic carbocycles. The molecule has 3 heterocycles. The molecule has 3 aliphatic heterocycles. The Morgan fingerprint density at radius 1 is 1.00 bits per heavy atom. The summed E-state index contributed by atoms with van der Waals surface area (Å²) >= 11 is 0. The number of rotatable bonds is 3. The summed E-state index contributed by atoms with van der Waals surface area (Å²) in [5.74, 6) is 2.78. The highest BCUT2D eigenvalue weighted by molar-refractivity contribution is 5.57. The fraction of sp³-hybridized carbons (Fsp3) is 0.455. The zero-order valence-electron chi connectivity index (χ0n) is 16.0. The first kappa shape index (κ1) is 17.6. The van der Waals surface area contributed by atoms with Crippen molar-refractivity contribution in [3.05, 3.63) is 47.5 Å². The second kappa shape index (κ2) is 7.18. The third-order valence-electron chi connectivity index (χ3n) is 6.03. The Morgan fingerprint density at radius 3 is 2.50 bits per heavy atom. The Bertz CT molecular complexity index is 864. The van der Waals surface area contributed by atoms with Crippen LogP contribution in [0.2, 0.25) is 0 Å². The van der Waals surface area contributed by atoms with Crippen LogP contribution in [0.25, 0.3) is 0 Å². The van der Waals surface area contributed by atoms with Gasteiger partial charge in [-0.05, 0) is 18.6 Å². The van der Waals surface area contributed by atoms with E-state index in [1.54, 1.807) is 6.07 Å². The molecule has 1 saturated heterocycles. The summed E-state index contributed by atoms with van der Waals surface area (Å²) < 4.78 is 23.3. The Balaban J connectivity index is 1.64. The van der Waals surface area contributed by atoms with Gasteiger partial charge >= 0.3 is 0 Å². The number of phenolic OH excluding ortho intramolecular Hbond substituents is 1. The highest BCUT2D eigenvalue weighted by atomic mass is 16.7. The number of nitrogens with zero attached hydrogens (tertiary/aromatic N) is 1. The number of hydrogen-bond donors (Lipinski definition) is 1. The summed E-state index contributed by atoms with van der Waals surface area (Å²) in [5, 5.41) is 10.7. The van der Waals surface area contributed by atoms with Gasteiger partial charge < -0.3 is 24.1 Å². The molecule has 2 aromatic rings. The van der Waals surface area contributed by atoms with Crippen molar-refractivity contribution in [2.24, 2.45) is 5.92 Å². The molecule has 5 rings (SSSR count). The van der Waals surface area contributed by atoms with Crippen molar-refractivity contribution >= 4 is 0 Å². The molecular formula is C22H25NO5. The van der Waals surface area contributed by atoms with Gasteiger partial charge in [0.05, 0.1) is 13.2 Å². The smallest absolute Gasteiger partial charge is 0.231 e. The molecule has 0 bridgehead atoms. The third kappa shape index (κ3) is 2.88. The first-order chi connectivity index (χ1) is 13.8. The van der Waals surface area contributed by atoms with Crippen molar-refractivity contribution in [1.82, 2.24) is 4.90 Å². The van der Waals surface area contributed by atoms with E-state index in [9.17, 15) is 5.11 Å². The second-order valence-corrected chi connectivity index (χ2v) is 7.51. The predicted molar refractivity (Wildman–Crippen MR) is 103 cm³/mol. The Labute approximate surface area is 164 Å². The minimum absolute atomic E-state index is 0.0114. The second-order valence-electron chi connectivity index (χ2n) is 7.51. The maximum absolute atomic E-state index is 10.7. The van der Waals surface area contributed by atoms with Crippen LogP contribution in [0.4, 0.5) is 0 Å². The first-order valence-corrected chi connectivity index (χ1v) is 9.96. The number of ether oxygens (including phenoxy) is 4. The zero-order chi connectivity index (χ0) is 19.1. The summed E-state index contributed by atoms with van der Waals surface area (Å²) in [6.45, 7) is 5.52. The minimum atomic E-state index is -0.0774. The van der Waals surface area contributed by atoms with Gasteiger partial charge in [-0.2, -0.15) is 0 Å². The predicted octanol–water partition coefficient (Wildman–Crippen LogP) is 3.33. The number of fused-ring (bicyclic) bond motifs is 2. The lowest BCUT2D eigenvalue weighted by atomic mass is 9.75. The van der Waals surface area contributed by atoms with E-state index < -0.39 is 0 Å². The molecule has 148 valence electrons. The SMILES string of the molecule is CC[C@@H]1[C@H](c2ccccc2O)c2cc3c(cc2O[C@@H]1N1CCOCC1)OCO3. The average molecular weight is 383 g/mol. The summed E-state index contributed by atoms with van der Waals surface area (Å²) in [4.78, 5) is 2.36. The molecule has 28 heavy (non-hydrogen) atoms. The van der Waals surface area contributed by atoms with Crippen molar-refractivity contribution in [3.63, 3.8) is 0 Å². The molecule has 0 saturated carbocycles. The fourth-order valence-corrected chi connectivity index (χ4v) is 4.66. The van der Waals surface area contributed by atoms with E-state index in [0.29, 0.717) is 24.7 Å². The van der Waals surface area contributed by atoms with Crippen LogP contribution in [-0.2, 0) is 4.74 Å². The summed E-state index contributed by atoms with van der Waals surface area (Å²) in [6, 6.07) is 11.6. The average Bonchev–Trinajstić information content (AvgIpc) is 3.19. The largest absolute Gasteiger partial charge is 0.508 e. The van der Waals surface area contributed by atoms with E-state index in [1.807, 2.05) is 30.3 Å². The van der Waals surface area contributed by atoms with Crippen LogP contribution >= 0.6 is 0 Å². The molecule has 0 amide bonds. The van der Waals surface area contributed by atoms with Gasteiger partial charge in [-0.15, -0.1) is 0 Å². The van der Waals surface area contributed by atoms with Crippen LogP contribution in [0.5, 0.6) is 23.0 Å². The van der Waals surface area contributed by atoms with Gasteiger partial charge in [-0.1, -0.05) is 25.1 Å². The van der Waals surface area contributed by atoms with E-state index >= 15 is 0 Å². The zero-order valence-corrected chi connectivity index (χ0v) is 16.0. The quantitative estimate of drug-likeness (QED) is 0.877. The number of para-hydroxylation sites is 1. The normalized spacial score (nSPS) is 26.5. The van der Waals surface area contributed by atoms with E-state index in [-0.39, 0.29) is 24.9 Å². The molecule has 0 spiro atoms. The molecule has 0 radical (unpaired) electrons. The standard InChI is InChI=1S/C22H25NO5/c1-2-14-21(15-5-3-4-6-17(15)24)16-11-19-20(27-13-26-19)12-18(16)28-22(14)23-7-9-25-10-8-23/h3-6,11-12,14,21-22,24H,2,7-10,13H2,1H3/t14-,21-,22+/m1/s1. The molecule has 2 aromatic carbocycles. The lowest BCUT2D eigenvalue weighted by Crippen LogP contribution is -2.52. The molecule has 1 fully saturated rings. The van der Waals surface area contributed by atoms with Gasteiger partial charge in [0.15, 0.2) is 17.7 Å². The Hall–Kier alpha value is -2.44. The van der Waals surface area contributed by atoms with Gasteiger partial charge in [0.1, 0.15) is 11.5 Å². The number of phenols is 1. The fourth-order valence-electron chi connectivity index (χ4n) is 4.66. The minimum Gasteiger partial charge on any atom is -0.508 e. The summed E-state index contributed by atoms with van der Waals surface area (Å²) in [6.07, 6.45) is 0.848. The molecule has 1 N–H and O–H groups in total. The van der Waals surface area contributed by atoms with Crippen molar-refractivity contribution in [2.45, 2.75) is 25.5 Å². The lowest BCUT2D eigenvalue weighted by molar-refractivity contribution is -0.0831. The van der Waals surface area contributed by atoms with Gasteiger partial charge in [-0.3, -0.25) is 4.90 Å². The van der Waals surface area contributed by atoms with E-state index in [1.165, 1.54) is 0 Å². The topological polar surface area (TPSA) is 60.4 Å². The molecular weight excluding hydrogens is 358 g/mol. The van der Waals surface area contributed by atoms with Crippen LogP contribution in [0.15, 0.2) is 36.4 Å². The van der Waals surface area contributed by atoms with Crippen LogP contribution < -0.4 is 14.2 Å². The van der Waals surface area contributed by atoms with Crippen LogP contribution in [0.1, 0.15) is 30.4 Å². The summed E-state index contributed by atoms with van der Waals surface area (Å²) in [5.41, 5.74) is 1.97. The molecule has 6 nitrogen and oxygen atoms in total. The third-order valence-corrected chi connectivity index (χ3v) is 6.03. The van der Waals surface area contributed by atoms with Crippen molar-refractivity contribution in [3.8, 4) is 23.0 Å². The Morgan fingerprint density at radius 2 is 1.75 bits per heavy atom. The number of hydrogen-bond acceptors (Lipinski definition) is 6. The van der Waals surface area contributed by atoms with Crippen molar-refractivity contribution in [1.29, 1.82) is 0 Å². The van der Waals surface area contributed by atoms with Crippen LogP contribution in [-0.4, -0.2) is 49.3 Å². The van der Waals surface area contributed by atoms with E-state index in [0.717, 1.165) is 42.1 Å². The van der Waals surface area contributed by atoms with Crippen LogP contribution in [0.3, 0.4) is 0 Å². The molecule has 0 aromatic heterocycles. The molecule has 3 aliphatic rings. The van der Waals surface area contributed by atoms with Crippen molar-refractivity contribution in [2.75, 3.05) is 33.1 Å². The van der Waals surface area contributed by atoms with E-state index in [4.69, 9.17) is 18.9 Å². The molecule has 6 heteroatoms. The van der Waals surface area contributed by atoms with Crippen LogP contribution in [0, 0.1) is 5.92 Å².